The largest absolute Gasteiger partial charge is 0.444 e. The van der Waals surface area contributed by atoms with Crippen molar-refractivity contribution < 1.29 is 19.1 Å². The van der Waals surface area contributed by atoms with E-state index >= 15 is 0 Å². The van der Waals surface area contributed by atoms with E-state index in [1.807, 2.05) is 54.6 Å². The first-order valence-electron chi connectivity index (χ1n) is 13.9. The average Bonchev–Trinajstić information content (AvgIpc) is 3.78. The van der Waals surface area contributed by atoms with Crippen molar-refractivity contribution in [3.63, 3.8) is 0 Å². The minimum absolute atomic E-state index is 0.292. The van der Waals surface area contributed by atoms with Gasteiger partial charge in [0.2, 0.25) is 0 Å². The van der Waals surface area contributed by atoms with Crippen molar-refractivity contribution in [3.05, 3.63) is 83.9 Å². The third-order valence-corrected chi connectivity index (χ3v) is 6.73. The Balaban J connectivity index is 1.44. The maximum absolute atomic E-state index is 13.5. The number of methoxy groups -OCH3 is 1. The number of ether oxygens (including phenoxy) is 2. The second kappa shape index (κ2) is 12.0. The molecule has 5 rings (SSSR count). The Kier molecular flexibility index (Phi) is 8.21. The van der Waals surface area contributed by atoms with Crippen LogP contribution < -0.4 is 16.0 Å². The molecule has 41 heavy (non-hydrogen) atoms. The van der Waals surface area contributed by atoms with Crippen molar-refractivity contribution in [2.24, 2.45) is 0 Å². The highest BCUT2D eigenvalue weighted by atomic mass is 16.6. The van der Waals surface area contributed by atoms with Gasteiger partial charge in [-0.25, -0.2) is 9.78 Å². The number of nitrogens with zero attached hydrogens (tertiary/aromatic N) is 1. The van der Waals surface area contributed by atoms with Gasteiger partial charge in [-0.1, -0.05) is 36.4 Å². The third-order valence-electron chi connectivity index (χ3n) is 6.73. The summed E-state index contributed by atoms with van der Waals surface area (Å²) in [5, 5.41) is 10.1. The molecule has 8 nitrogen and oxygen atoms in total. The molecule has 8 heteroatoms. The summed E-state index contributed by atoms with van der Waals surface area (Å²) < 4.78 is 10.6. The van der Waals surface area contributed by atoms with E-state index in [9.17, 15) is 9.59 Å². The van der Waals surface area contributed by atoms with Gasteiger partial charge in [0.25, 0.3) is 5.91 Å². The number of hydrogen-bond donors (Lipinski definition) is 3. The van der Waals surface area contributed by atoms with Gasteiger partial charge in [0, 0.05) is 24.6 Å². The number of nitrogens with one attached hydrogen (secondary N) is 3. The molecule has 0 bridgehead atoms. The van der Waals surface area contributed by atoms with Crippen LogP contribution in [0.5, 0.6) is 0 Å². The van der Waals surface area contributed by atoms with Crippen molar-refractivity contribution >= 4 is 40.1 Å². The molecular formula is C33H36N4O4. The number of carbonyl (C=O) groups is 2. The molecular weight excluding hydrogens is 516 g/mol. The summed E-state index contributed by atoms with van der Waals surface area (Å²) in [5.41, 5.74) is 4.63. The first kappa shape index (κ1) is 28.1. The van der Waals surface area contributed by atoms with Gasteiger partial charge in [0.05, 0.1) is 23.5 Å². The number of aromatic nitrogens is 1. The highest BCUT2D eigenvalue weighted by molar-refractivity contribution is 6.09. The molecule has 1 aromatic heterocycles. The van der Waals surface area contributed by atoms with E-state index in [-0.39, 0.29) is 5.91 Å². The van der Waals surface area contributed by atoms with Gasteiger partial charge in [-0.3, -0.25) is 10.1 Å². The summed E-state index contributed by atoms with van der Waals surface area (Å²) in [6.07, 6.45) is 1.68. The smallest absolute Gasteiger partial charge is 0.412 e. The number of benzene rings is 3. The lowest BCUT2D eigenvalue weighted by Gasteiger charge is -2.21. The number of amides is 2. The molecule has 1 saturated carbocycles. The van der Waals surface area contributed by atoms with Crippen LogP contribution in [0.4, 0.5) is 22.0 Å². The molecule has 0 saturated heterocycles. The van der Waals surface area contributed by atoms with Crippen LogP contribution in [0.25, 0.3) is 22.0 Å². The molecule has 2 amide bonds. The number of pyridine rings is 1. The Morgan fingerprint density at radius 3 is 2.39 bits per heavy atom. The molecule has 1 fully saturated rings. The topological polar surface area (TPSA) is 102 Å². The van der Waals surface area contributed by atoms with Crippen LogP contribution in [0.15, 0.2) is 72.8 Å². The van der Waals surface area contributed by atoms with E-state index in [0.29, 0.717) is 36.0 Å². The number of fused-ring (bicyclic) bond motifs is 1. The van der Waals surface area contributed by atoms with Gasteiger partial charge in [-0.05, 0) is 92.6 Å². The molecule has 0 unspecified atom stereocenters. The van der Waals surface area contributed by atoms with E-state index in [0.717, 1.165) is 40.7 Å². The summed E-state index contributed by atoms with van der Waals surface area (Å²) in [6.45, 7) is 6.68. The third kappa shape index (κ3) is 7.21. The predicted molar refractivity (Wildman–Crippen MR) is 164 cm³/mol. The minimum atomic E-state index is -0.658. The van der Waals surface area contributed by atoms with Gasteiger partial charge in [-0.15, -0.1) is 0 Å². The standard InChI is InChI=1S/C33H36N4O4/c1-33(2,3)41-32(39)37-28-15-12-23(21-8-6-5-7-9-21)20-29(28)36-31(38)24-13-14-27-25(18-24)19-26(22-10-11-22)30(35-27)34-16-17-40-4/h5-9,12-15,18-20,22H,10-11,16-17H2,1-4H3,(H,34,35)(H,36,38)(H,37,39). The predicted octanol–water partition coefficient (Wildman–Crippen LogP) is 7.44. The summed E-state index contributed by atoms with van der Waals surface area (Å²) in [4.78, 5) is 31.0. The van der Waals surface area contributed by atoms with Crippen LogP contribution in [0.3, 0.4) is 0 Å². The van der Waals surface area contributed by atoms with Gasteiger partial charge >= 0.3 is 6.09 Å². The second-order valence-electron chi connectivity index (χ2n) is 11.2. The summed E-state index contributed by atoms with van der Waals surface area (Å²) >= 11 is 0. The summed E-state index contributed by atoms with van der Waals surface area (Å²) in [7, 11) is 1.68. The molecule has 0 radical (unpaired) electrons. The average molecular weight is 553 g/mol. The second-order valence-corrected chi connectivity index (χ2v) is 11.2. The Morgan fingerprint density at radius 2 is 1.68 bits per heavy atom. The number of hydrogen-bond acceptors (Lipinski definition) is 6. The minimum Gasteiger partial charge on any atom is -0.444 e. The first-order chi connectivity index (χ1) is 19.7. The van der Waals surface area contributed by atoms with Crippen molar-refractivity contribution in [2.75, 3.05) is 36.2 Å². The quantitative estimate of drug-likeness (QED) is 0.187. The number of anilines is 3. The fraction of sp³-hybridized carbons (Fsp3) is 0.303. The van der Waals surface area contributed by atoms with Crippen LogP contribution in [-0.4, -0.2) is 42.8 Å². The zero-order valence-electron chi connectivity index (χ0n) is 23.9. The Morgan fingerprint density at radius 1 is 0.902 bits per heavy atom. The van der Waals surface area contributed by atoms with Crippen molar-refractivity contribution in [2.45, 2.75) is 45.1 Å². The van der Waals surface area contributed by atoms with Gasteiger partial charge in [0.1, 0.15) is 11.4 Å². The lowest BCUT2D eigenvalue weighted by Crippen LogP contribution is -2.27. The van der Waals surface area contributed by atoms with Gasteiger partial charge < -0.3 is 20.1 Å². The molecule has 1 aliphatic rings. The van der Waals surface area contributed by atoms with Gasteiger partial charge in [0.15, 0.2) is 0 Å². The molecule has 3 N–H and O–H groups in total. The zero-order chi connectivity index (χ0) is 29.0. The fourth-order valence-electron chi connectivity index (χ4n) is 4.63. The lowest BCUT2D eigenvalue weighted by atomic mass is 10.0. The Bertz CT molecular complexity index is 1560. The molecule has 0 spiro atoms. The van der Waals surface area contributed by atoms with Crippen molar-refractivity contribution in [3.8, 4) is 11.1 Å². The normalized spacial score (nSPS) is 13.1. The SMILES string of the molecule is COCCNc1nc2ccc(C(=O)Nc3cc(-c4ccccc4)ccc3NC(=O)OC(C)(C)C)cc2cc1C1CC1. The number of carbonyl (C=O) groups excluding carboxylic acids is 2. The van der Waals surface area contributed by atoms with Crippen LogP contribution >= 0.6 is 0 Å². The van der Waals surface area contributed by atoms with Crippen LogP contribution in [0.1, 0.15) is 55.5 Å². The first-order valence-corrected chi connectivity index (χ1v) is 13.9. The Hall–Kier alpha value is -4.43. The highest BCUT2D eigenvalue weighted by Crippen LogP contribution is 2.44. The monoisotopic (exact) mass is 552 g/mol. The van der Waals surface area contributed by atoms with Crippen LogP contribution in [-0.2, 0) is 9.47 Å². The van der Waals surface area contributed by atoms with Crippen molar-refractivity contribution in [1.29, 1.82) is 0 Å². The molecule has 212 valence electrons. The van der Waals surface area contributed by atoms with E-state index in [1.165, 1.54) is 5.56 Å². The molecule has 1 aliphatic carbocycles. The summed E-state index contributed by atoms with van der Waals surface area (Å²) in [5.74, 6) is 1.07. The van der Waals surface area contributed by atoms with E-state index in [4.69, 9.17) is 14.5 Å². The number of rotatable bonds is 9. The van der Waals surface area contributed by atoms with E-state index in [2.05, 4.69) is 22.0 Å². The van der Waals surface area contributed by atoms with Crippen LogP contribution in [0, 0.1) is 0 Å². The fourth-order valence-corrected chi connectivity index (χ4v) is 4.63. The summed E-state index contributed by atoms with van der Waals surface area (Å²) in [6, 6.07) is 23.0. The maximum atomic E-state index is 13.5. The lowest BCUT2D eigenvalue weighted by molar-refractivity contribution is 0.0635. The Labute approximate surface area is 240 Å². The zero-order valence-corrected chi connectivity index (χ0v) is 23.9. The van der Waals surface area contributed by atoms with Crippen molar-refractivity contribution in [1.82, 2.24) is 4.98 Å². The van der Waals surface area contributed by atoms with E-state index in [1.54, 1.807) is 40.0 Å². The van der Waals surface area contributed by atoms with E-state index < -0.39 is 11.7 Å². The molecule has 3 aromatic carbocycles. The molecule has 1 heterocycles. The highest BCUT2D eigenvalue weighted by Gasteiger charge is 2.27. The maximum Gasteiger partial charge on any atom is 0.412 e. The van der Waals surface area contributed by atoms with Crippen LogP contribution in [0.2, 0.25) is 0 Å². The molecule has 4 aromatic rings. The van der Waals surface area contributed by atoms with Gasteiger partial charge in [-0.2, -0.15) is 0 Å². The molecule has 0 atom stereocenters. The molecule has 0 aliphatic heterocycles.